The average Bonchev–Trinajstić information content (AvgIpc) is 2.97. The lowest BCUT2D eigenvalue weighted by molar-refractivity contribution is 0.104. The fraction of sp³-hybridized carbons (Fsp3) is 0.733. The zero-order valence-corrected chi connectivity index (χ0v) is 12.7. The van der Waals surface area contributed by atoms with Gasteiger partial charge in [-0.1, -0.05) is 20.8 Å². The number of anilines is 1. The highest BCUT2D eigenvalue weighted by atomic mass is 16.5. The summed E-state index contributed by atoms with van der Waals surface area (Å²) in [5.41, 5.74) is 0. The number of rotatable bonds is 7. The second-order valence-electron chi connectivity index (χ2n) is 5.57. The Morgan fingerprint density at radius 3 is 2.95 bits per heavy atom. The molecule has 1 atom stereocenters. The van der Waals surface area contributed by atoms with Crippen molar-refractivity contribution in [2.75, 3.05) is 25.1 Å². The molecule has 5 nitrogen and oxygen atoms in total. The summed E-state index contributed by atoms with van der Waals surface area (Å²) in [6.45, 7) is 8.77. The Hall–Kier alpha value is -1.36. The van der Waals surface area contributed by atoms with E-state index < -0.39 is 0 Å². The van der Waals surface area contributed by atoms with Gasteiger partial charge in [0.2, 0.25) is 5.88 Å². The van der Waals surface area contributed by atoms with Crippen molar-refractivity contribution in [3.05, 3.63) is 11.9 Å². The van der Waals surface area contributed by atoms with Gasteiger partial charge in [0.25, 0.3) is 0 Å². The van der Waals surface area contributed by atoms with E-state index in [9.17, 15) is 0 Å². The molecule has 1 unspecified atom stereocenters. The van der Waals surface area contributed by atoms with Crippen LogP contribution >= 0.6 is 0 Å². The topological polar surface area (TPSA) is 56.3 Å². The smallest absolute Gasteiger partial charge is 0.218 e. The lowest BCUT2D eigenvalue weighted by Gasteiger charge is -2.14. The highest BCUT2D eigenvalue weighted by Gasteiger charge is 2.22. The Bertz CT molecular complexity index is 418. The molecule has 1 aliphatic rings. The molecule has 5 heteroatoms. The summed E-state index contributed by atoms with van der Waals surface area (Å²) in [6, 6.07) is 1.87. The molecule has 1 aromatic heterocycles. The summed E-state index contributed by atoms with van der Waals surface area (Å²) in [5, 5.41) is 3.34. The molecule has 1 aromatic rings. The molecule has 0 spiro atoms. The van der Waals surface area contributed by atoms with Crippen molar-refractivity contribution < 1.29 is 9.47 Å². The van der Waals surface area contributed by atoms with E-state index >= 15 is 0 Å². The summed E-state index contributed by atoms with van der Waals surface area (Å²) in [7, 11) is 0. The Labute approximate surface area is 121 Å². The van der Waals surface area contributed by atoms with Crippen LogP contribution in [0.3, 0.4) is 0 Å². The first-order valence-electron chi connectivity index (χ1n) is 7.56. The van der Waals surface area contributed by atoms with Gasteiger partial charge in [-0.25, -0.2) is 4.98 Å². The van der Waals surface area contributed by atoms with Gasteiger partial charge in [0.15, 0.2) is 5.82 Å². The maximum Gasteiger partial charge on any atom is 0.218 e. The van der Waals surface area contributed by atoms with Gasteiger partial charge >= 0.3 is 0 Å². The Balaban J connectivity index is 2.14. The first-order chi connectivity index (χ1) is 9.69. The van der Waals surface area contributed by atoms with Gasteiger partial charge in [-0.2, -0.15) is 4.98 Å². The van der Waals surface area contributed by atoms with Gasteiger partial charge in [-0.3, -0.25) is 0 Å². The predicted octanol–water partition coefficient (Wildman–Crippen LogP) is 3.18. The summed E-state index contributed by atoms with van der Waals surface area (Å²) in [4.78, 5) is 9.05. The number of nitrogens with zero attached hydrogens (tertiary/aromatic N) is 2. The van der Waals surface area contributed by atoms with E-state index in [1.54, 1.807) is 0 Å². The maximum absolute atomic E-state index is 5.67. The molecule has 1 aliphatic heterocycles. The molecule has 0 amide bonds. The second kappa shape index (κ2) is 7.43. The van der Waals surface area contributed by atoms with Crippen LogP contribution in [0, 0.1) is 5.92 Å². The summed E-state index contributed by atoms with van der Waals surface area (Å²) in [6.07, 6.45) is 3.04. The first kappa shape index (κ1) is 15.0. The SMILES string of the molecule is CCCOc1cc(NCC(C)C)nc(C2CCCO2)n1. The van der Waals surface area contributed by atoms with Crippen LogP contribution in [0.25, 0.3) is 0 Å². The molecular weight excluding hydrogens is 254 g/mol. The quantitative estimate of drug-likeness (QED) is 0.830. The number of ether oxygens (including phenoxy) is 2. The molecule has 2 rings (SSSR count). The van der Waals surface area contributed by atoms with Crippen molar-refractivity contribution in [3.8, 4) is 5.88 Å². The van der Waals surface area contributed by atoms with Crippen molar-refractivity contribution in [2.45, 2.75) is 46.1 Å². The van der Waals surface area contributed by atoms with Crippen LogP contribution in [-0.4, -0.2) is 29.7 Å². The van der Waals surface area contributed by atoms with E-state index in [2.05, 4.69) is 36.1 Å². The Morgan fingerprint density at radius 1 is 1.45 bits per heavy atom. The monoisotopic (exact) mass is 279 g/mol. The van der Waals surface area contributed by atoms with E-state index in [-0.39, 0.29) is 6.10 Å². The summed E-state index contributed by atoms with van der Waals surface area (Å²) >= 11 is 0. The molecular formula is C15H25N3O2. The fourth-order valence-electron chi connectivity index (χ4n) is 2.05. The van der Waals surface area contributed by atoms with Crippen molar-refractivity contribution in [3.63, 3.8) is 0 Å². The van der Waals surface area contributed by atoms with Crippen molar-refractivity contribution in [2.24, 2.45) is 5.92 Å². The second-order valence-corrected chi connectivity index (χ2v) is 5.57. The molecule has 0 bridgehead atoms. The molecule has 1 N–H and O–H groups in total. The van der Waals surface area contributed by atoms with Crippen LogP contribution in [-0.2, 0) is 4.74 Å². The number of hydrogen-bond acceptors (Lipinski definition) is 5. The van der Waals surface area contributed by atoms with Gasteiger partial charge in [-0.15, -0.1) is 0 Å². The first-order valence-corrected chi connectivity index (χ1v) is 7.56. The molecule has 0 radical (unpaired) electrons. The number of aromatic nitrogens is 2. The van der Waals surface area contributed by atoms with E-state index in [1.165, 1.54) is 0 Å². The number of nitrogens with one attached hydrogen (secondary N) is 1. The Kier molecular flexibility index (Phi) is 5.59. The molecule has 0 aliphatic carbocycles. The van der Waals surface area contributed by atoms with Crippen LogP contribution in [0.2, 0.25) is 0 Å². The largest absolute Gasteiger partial charge is 0.478 e. The standard InChI is InChI=1S/C15H25N3O2/c1-4-7-20-14-9-13(16-10-11(2)3)17-15(18-14)12-6-5-8-19-12/h9,11-12H,4-8,10H2,1-3H3,(H,16,17,18). The zero-order chi connectivity index (χ0) is 14.4. The summed E-state index contributed by atoms with van der Waals surface area (Å²) in [5.74, 6) is 2.77. The van der Waals surface area contributed by atoms with Gasteiger partial charge in [0.1, 0.15) is 11.9 Å². The van der Waals surface area contributed by atoms with Crippen molar-refractivity contribution in [1.82, 2.24) is 9.97 Å². The third kappa shape index (κ3) is 4.34. The molecule has 1 saturated heterocycles. The lowest BCUT2D eigenvalue weighted by atomic mass is 10.2. The minimum absolute atomic E-state index is 0.0137. The van der Waals surface area contributed by atoms with Crippen molar-refractivity contribution >= 4 is 5.82 Å². The molecule has 0 aromatic carbocycles. The van der Waals surface area contributed by atoms with E-state index in [0.29, 0.717) is 18.4 Å². The minimum atomic E-state index is 0.0137. The molecule has 20 heavy (non-hydrogen) atoms. The van der Waals surface area contributed by atoms with Crippen LogP contribution in [0.5, 0.6) is 5.88 Å². The van der Waals surface area contributed by atoms with Gasteiger partial charge in [0, 0.05) is 19.2 Å². The van der Waals surface area contributed by atoms with Gasteiger partial charge < -0.3 is 14.8 Å². The summed E-state index contributed by atoms with van der Waals surface area (Å²) < 4.78 is 11.3. The highest BCUT2D eigenvalue weighted by Crippen LogP contribution is 2.28. The third-order valence-electron chi connectivity index (χ3n) is 3.08. The maximum atomic E-state index is 5.67. The lowest BCUT2D eigenvalue weighted by Crippen LogP contribution is -2.13. The number of hydrogen-bond donors (Lipinski definition) is 1. The average molecular weight is 279 g/mol. The molecule has 112 valence electrons. The van der Waals surface area contributed by atoms with Crippen LogP contribution in [0.1, 0.15) is 52.0 Å². The minimum Gasteiger partial charge on any atom is -0.478 e. The molecule has 0 saturated carbocycles. The van der Waals surface area contributed by atoms with Crippen molar-refractivity contribution in [1.29, 1.82) is 0 Å². The van der Waals surface area contributed by atoms with Gasteiger partial charge in [-0.05, 0) is 25.2 Å². The van der Waals surface area contributed by atoms with Gasteiger partial charge in [0.05, 0.1) is 6.61 Å². The zero-order valence-electron chi connectivity index (χ0n) is 12.7. The van der Waals surface area contributed by atoms with E-state index in [4.69, 9.17) is 9.47 Å². The van der Waals surface area contributed by atoms with Crippen LogP contribution < -0.4 is 10.1 Å². The normalized spacial score (nSPS) is 18.5. The highest BCUT2D eigenvalue weighted by molar-refractivity contribution is 5.38. The Morgan fingerprint density at radius 2 is 2.30 bits per heavy atom. The fourth-order valence-corrected chi connectivity index (χ4v) is 2.05. The van der Waals surface area contributed by atoms with E-state index in [0.717, 1.165) is 44.1 Å². The van der Waals surface area contributed by atoms with E-state index in [1.807, 2.05) is 6.07 Å². The predicted molar refractivity (Wildman–Crippen MR) is 79.1 cm³/mol. The molecule has 2 heterocycles. The third-order valence-corrected chi connectivity index (χ3v) is 3.08. The molecule has 1 fully saturated rings. The van der Waals surface area contributed by atoms with Crippen LogP contribution in [0.4, 0.5) is 5.82 Å². The van der Waals surface area contributed by atoms with Crippen LogP contribution in [0.15, 0.2) is 6.07 Å².